The highest BCUT2D eigenvalue weighted by Crippen LogP contribution is 2.24. The van der Waals surface area contributed by atoms with Crippen molar-refractivity contribution in [1.82, 2.24) is 9.88 Å². The standard InChI is InChI=1S/C16H24ClN3O/c1-3-5-12-8-10-20(11-9-12)16(21)15-13(17)6-7-14(19-15)18-4-2/h6-7,12H,3-5,8-11H2,1-2H3,(H,18,19). The molecule has 4 nitrogen and oxygen atoms in total. The van der Waals surface area contributed by atoms with E-state index in [1.807, 2.05) is 11.8 Å². The summed E-state index contributed by atoms with van der Waals surface area (Å²) in [5.74, 6) is 1.41. The van der Waals surface area contributed by atoms with Gasteiger partial charge in [-0.2, -0.15) is 0 Å². The fourth-order valence-corrected chi connectivity index (χ4v) is 3.04. The average Bonchev–Trinajstić information content (AvgIpc) is 2.50. The predicted octanol–water partition coefficient (Wildman–Crippen LogP) is 3.82. The van der Waals surface area contributed by atoms with E-state index in [0.29, 0.717) is 16.5 Å². The summed E-state index contributed by atoms with van der Waals surface area (Å²) in [6, 6.07) is 3.54. The zero-order valence-corrected chi connectivity index (χ0v) is 13.6. The lowest BCUT2D eigenvalue weighted by Crippen LogP contribution is -2.39. The molecular formula is C16H24ClN3O. The van der Waals surface area contributed by atoms with Crippen molar-refractivity contribution in [3.05, 3.63) is 22.8 Å². The van der Waals surface area contributed by atoms with Crippen LogP contribution in [0.5, 0.6) is 0 Å². The summed E-state index contributed by atoms with van der Waals surface area (Å²) >= 11 is 6.15. The topological polar surface area (TPSA) is 45.2 Å². The third-order valence-electron chi connectivity index (χ3n) is 4.01. The second-order valence-corrected chi connectivity index (χ2v) is 5.99. The maximum absolute atomic E-state index is 12.6. The summed E-state index contributed by atoms with van der Waals surface area (Å²) in [5.41, 5.74) is 0.365. The first-order valence-electron chi connectivity index (χ1n) is 7.85. The molecule has 2 heterocycles. The third-order valence-corrected chi connectivity index (χ3v) is 4.31. The number of amides is 1. The number of hydrogen-bond donors (Lipinski definition) is 1. The summed E-state index contributed by atoms with van der Waals surface area (Å²) in [6.45, 7) is 6.61. The minimum atomic E-state index is -0.0466. The first kappa shape index (κ1) is 16.1. The summed E-state index contributed by atoms with van der Waals surface area (Å²) in [4.78, 5) is 18.8. The first-order chi connectivity index (χ1) is 10.2. The van der Waals surface area contributed by atoms with Crippen molar-refractivity contribution in [2.45, 2.75) is 39.5 Å². The summed E-state index contributed by atoms with van der Waals surface area (Å²) in [7, 11) is 0. The van der Waals surface area contributed by atoms with Gasteiger partial charge in [-0.1, -0.05) is 31.4 Å². The summed E-state index contributed by atoms with van der Waals surface area (Å²) in [6.07, 6.45) is 4.65. The Hall–Kier alpha value is -1.29. The molecule has 1 aliphatic heterocycles. The zero-order valence-electron chi connectivity index (χ0n) is 12.9. The molecule has 0 unspecified atom stereocenters. The van der Waals surface area contributed by atoms with Gasteiger partial charge in [-0.05, 0) is 37.8 Å². The van der Waals surface area contributed by atoms with Crippen molar-refractivity contribution in [2.24, 2.45) is 5.92 Å². The van der Waals surface area contributed by atoms with Crippen molar-refractivity contribution in [2.75, 3.05) is 25.0 Å². The van der Waals surface area contributed by atoms with Crippen LogP contribution in [-0.4, -0.2) is 35.4 Å². The lowest BCUT2D eigenvalue weighted by atomic mass is 9.92. The van der Waals surface area contributed by atoms with Crippen molar-refractivity contribution < 1.29 is 4.79 Å². The van der Waals surface area contributed by atoms with E-state index in [2.05, 4.69) is 17.2 Å². The molecule has 0 aliphatic carbocycles. The second-order valence-electron chi connectivity index (χ2n) is 5.58. The molecule has 0 atom stereocenters. The van der Waals surface area contributed by atoms with Gasteiger partial charge in [-0.25, -0.2) is 4.98 Å². The smallest absolute Gasteiger partial charge is 0.274 e. The molecular weight excluding hydrogens is 286 g/mol. The molecule has 1 N–H and O–H groups in total. The predicted molar refractivity (Wildman–Crippen MR) is 86.9 cm³/mol. The Balaban J connectivity index is 2.05. The van der Waals surface area contributed by atoms with Crippen LogP contribution >= 0.6 is 11.6 Å². The number of nitrogens with one attached hydrogen (secondary N) is 1. The Bertz CT molecular complexity index is 484. The molecule has 0 aromatic carbocycles. The Labute approximate surface area is 131 Å². The van der Waals surface area contributed by atoms with Crippen LogP contribution in [0.25, 0.3) is 0 Å². The Morgan fingerprint density at radius 3 is 2.71 bits per heavy atom. The lowest BCUT2D eigenvalue weighted by molar-refractivity contribution is 0.0681. The maximum atomic E-state index is 12.6. The Morgan fingerprint density at radius 1 is 1.38 bits per heavy atom. The van der Waals surface area contributed by atoms with Gasteiger partial charge in [-0.3, -0.25) is 4.79 Å². The monoisotopic (exact) mass is 309 g/mol. The van der Waals surface area contributed by atoms with E-state index in [1.54, 1.807) is 12.1 Å². The molecule has 0 spiro atoms. The largest absolute Gasteiger partial charge is 0.370 e. The van der Waals surface area contributed by atoms with Crippen molar-refractivity contribution in [3.63, 3.8) is 0 Å². The van der Waals surface area contributed by atoms with Crippen LogP contribution in [0.1, 0.15) is 50.0 Å². The van der Waals surface area contributed by atoms with Crippen LogP contribution in [0.2, 0.25) is 5.02 Å². The van der Waals surface area contributed by atoms with Gasteiger partial charge in [0.2, 0.25) is 0 Å². The molecule has 1 amide bonds. The van der Waals surface area contributed by atoms with Gasteiger partial charge in [0.1, 0.15) is 11.5 Å². The number of piperidine rings is 1. The molecule has 1 fully saturated rings. The number of carbonyl (C=O) groups excluding carboxylic acids is 1. The fraction of sp³-hybridized carbons (Fsp3) is 0.625. The van der Waals surface area contributed by atoms with Gasteiger partial charge in [-0.15, -0.1) is 0 Å². The van der Waals surface area contributed by atoms with Gasteiger partial charge in [0, 0.05) is 19.6 Å². The molecule has 0 bridgehead atoms. The molecule has 5 heteroatoms. The minimum Gasteiger partial charge on any atom is -0.370 e. The molecule has 116 valence electrons. The van der Waals surface area contributed by atoms with Crippen LogP contribution < -0.4 is 5.32 Å². The van der Waals surface area contributed by atoms with E-state index >= 15 is 0 Å². The average molecular weight is 310 g/mol. The molecule has 0 radical (unpaired) electrons. The highest BCUT2D eigenvalue weighted by Gasteiger charge is 2.25. The van der Waals surface area contributed by atoms with Crippen molar-refractivity contribution >= 4 is 23.3 Å². The van der Waals surface area contributed by atoms with E-state index in [9.17, 15) is 4.79 Å². The highest BCUT2D eigenvalue weighted by atomic mass is 35.5. The van der Waals surface area contributed by atoms with E-state index in [-0.39, 0.29) is 5.91 Å². The SMILES string of the molecule is CCCC1CCN(C(=O)c2nc(NCC)ccc2Cl)CC1. The van der Waals surface area contributed by atoms with Crippen LogP contribution in [-0.2, 0) is 0 Å². The van der Waals surface area contributed by atoms with Crippen LogP contribution in [0.3, 0.4) is 0 Å². The minimum absolute atomic E-state index is 0.0466. The molecule has 0 saturated carbocycles. The van der Waals surface area contributed by atoms with Gasteiger partial charge in [0.05, 0.1) is 5.02 Å². The number of nitrogens with zero attached hydrogens (tertiary/aromatic N) is 2. The summed E-state index contributed by atoms with van der Waals surface area (Å²) < 4.78 is 0. The second kappa shape index (κ2) is 7.64. The van der Waals surface area contributed by atoms with Gasteiger partial charge >= 0.3 is 0 Å². The Morgan fingerprint density at radius 2 is 2.10 bits per heavy atom. The number of hydrogen-bond acceptors (Lipinski definition) is 3. The van der Waals surface area contributed by atoms with Crippen LogP contribution in [0.4, 0.5) is 5.82 Å². The summed E-state index contributed by atoms with van der Waals surface area (Å²) in [5, 5.41) is 3.54. The quantitative estimate of drug-likeness (QED) is 0.899. The number of halogens is 1. The maximum Gasteiger partial charge on any atom is 0.274 e. The normalized spacial score (nSPS) is 16.0. The number of carbonyl (C=O) groups is 1. The van der Waals surface area contributed by atoms with Gasteiger partial charge in [0.15, 0.2) is 0 Å². The number of aromatic nitrogens is 1. The number of pyridine rings is 1. The number of anilines is 1. The van der Waals surface area contributed by atoms with E-state index in [1.165, 1.54) is 12.8 Å². The van der Waals surface area contributed by atoms with E-state index in [4.69, 9.17) is 11.6 Å². The van der Waals surface area contributed by atoms with E-state index in [0.717, 1.165) is 38.4 Å². The van der Waals surface area contributed by atoms with Gasteiger partial charge in [0.25, 0.3) is 5.91 Å². The highest BCUT2D eigenvalue weighted by molar-refractivity contribution is 6.33. The Kier molecular flexibility index (Phi) is 5.85. The zero-order chi connectivity index (χ0) is 15.2. The van der Waals surface area contributed by atoms with Crippen molar-refractivity contribution in [3.8, 4) is 0 Å². The first-order valence-corrected chi connectivity index (χ1v) is 8.23. The molecule has 2 rings (SSSR count). The molecule has 1 aromatic rings. The molecule has 1 saturated heterocycles. The fourth-order valence-electron chi connectivity index (χ4n) is 2.85. The van der Waals surface area contributed by atoms with Crippen LogP contribution in [0.15, 0.2) is 12.1 Å². The van der Waals surface area contributed by atoms with Gasteiger partial charge < -0.3 is 10.2 Å². The van der Waals surface area contributed by atoms with Crippen LogP contribution in [0, 0.1) is 5.92 Å². The number of rotatable bonds is 5. The number of likely N-dealkylation sites (tertiary alicyclic amines) is 1. The lowest BCUT2D eigenvalue weighted by Gasteiger charge is -2.31. The van der Waals surface area contributed by atoms with E-state index < -0.39 is 0 Å². The molecule has 1 aromatic heterocycles. The third kappa shape index (κ3) is 4.10. The molecule has 1 aliphatic rings. The molecule has 21 heavy (non-hydrogen) atoms. The van der Waals surface area contributed by atoms with Crippen molar-refractivity contribution in [1.29, 1.82) is 0 Å².